The lowest BCUT2D eigenvalue weighted by Crippen LogP contribution is -2.34. The van der Waals surface area contributed by atoms with Crippen LogP contribution in [0.2, 0.25) is 0 Å². The van der Waals surface area contributed by atoms with Gasteiger partial charge in [-0.05, 0) is 35.7 Å². The van der Waals surface area contributed by atoms with Crippen molar-refractivity contribution in [2.45, 2.75) is 20.4 Å². The minimum absolute atomic E-state index is 0.315. The highest BCUT2D eigenvalue weighted by molar-refractivity contribution is 6.39. The van der Waals surface area contributed by atoms with E-state index in [-0.39, 0.29) is 0 Å². The van der Waals surface area contributed by atoms with Gasteiger partial charge >= 0.3 is 11.8 Å². The van der Waals surface area contributed by atoms with Crippen LogP contribution in [0.15, 0.2) is 54.6 Å². The fourth-order valence-corrected chi connectivity index (χ4v) is 1.94. The third-order valence-corrected chi connectivity index (χ3v) is 3.20. The molecule has 0 saturated carbocycles. The summed E-state index contributed by atoms with van der Waals surface area (Å²) in [6.45, 7) is 5.09. The van der Waals surface area contributed by atoms with Crippen molar-refractivity contribution >= 4 is 17.5 Å². The molecule has 5 nitrogen and oxygen atoms in total. The predicted molar refractivity (Wildman–Crippen MR) is 93.7 cm³/mol. The van der Waals surface area contributed by atoms with E-state index in [4.69, 9.17) is 4.74 Å². The fourth-order valence-electron chi connectivity index (χ4n) is 1.94. The second-order valence-corrected chi connectivity index (χ2v) is 5.85. The van der Waals surface area contributed by atoms with E-state index in [1.807, 2.05) is 30.3 Å². The molecule has 0 aliphatic heterocycles. The van der Waals surface area contributed by atoms with Crippen LogP contribution in [-0.4, -0.2) is 18.4 Å². The van der Waals surface area contributed by atoms with Crippen LogP contribution in [0.1, 0.15) is 19.4 Å². The second-order valence-electron chi connectivity index (χ2n) is 5.85. The van der Waals surface area contributed by atoms with E-state index >= 15 is 0 Å². The molecule has 0 radical (unpaired) electrons. The van der Waals surface area contributed by atoms with Crippen LogP contribution in [0.5, 0.6) is 5.75 Å². The highest BCUT2D eigenvalue weighted by atomic mass is 16.5. The lowest BCUT2D eigenvalue weighted by Gasteiger charge is -2.10. The smallest absolute Gasteiger partial charge is 0.313 e. The summed E-state index contributed by atoms with van der Waals surface area (Å²) in [6, 6.07) is 16.4. The maximum absolute atomic E-state index is 11.9. The van der Waals surface area contributed by atoms with Gasteiger partial charge in [-0.3, -0.25) is 9.59 Å². The summed E-state index contributed by atoms with van der Waals surface area (Å²) >= 11 is 0. The minimum atomic E-state index is -0.693. The lowest BCUT2D eigenvalue weighted by molar-refractivity contribution is -0.136. The normalized spacial score (nSPS) is 10.3. The van der Waals surface area contributed by atoms with Gasteiger partial charge < -0.3 is 15.4 Å². The summed E-state index contributed by atoms with van der Waals surface area (Å²) in [5.74, 6) is -0.186. The van der Waals surface area contributed by atoms with E-state index in [0.29, 0.717) is 24.8 Å². The van der Waals surface area contributed by atoms with Crippen LogP contribution < -0.4 is 15.4 Å². The Morgan fingerprint density at radius 2 is 1.62 bits per heavy atom. The first-order valence-electron chi connectivity index (χ1n) is 7.90. The van der Waals surface area contributed by atoms with Gasteiger partial charge in [0.15, 0.2) is 0 Å². The third kappa shape index (κ3) is 5.76. The van der Waals surface area contributed by atoms with Gasteiger partial charge in [0.2, 0.25) is 0 Å². The zero-order valence-electron chi connectivity index (χ0n) is 13.9. The zero-order valence-corrected chi connectivity index (χ0v) is 13.9. The standard InChI is InChI=1S/C19H22N2O3/c1-14(2)13-24-17-10-8-16(9-11-17)21-19(23)18(22)20-12-15-6-4-3-5-7-15/h3-11,14H,12-13H2,1-2H3,(H,20,22)(H,21,23). The summed E-state index contributed by atoms with van der Waals surface area (Å²) in [5, 5.41) is 5.15. The van der Waals surface area contributed by atoms with Crippen LogP contribution in [-0.2, 0) is 16.1 Å². The lowest BCUT2D eigenvalue weighted by atomic mass is 10.2. The van der Waals surface area contributed by atoms with Crippen LogP contribution in [0.3, 0.4) is 0 Å². The number of carbonyl (C=O) groups excluding carboxylic acids is 2. The molecule has 24 heavy (non-hydrogen) atoms. The molecule has 0 unspecified atom stereocenters. The monoisotopic (exact) mass is 326 g/mol. The van der Waals surface area contributed by atoms with Crippen LogP contribution in [0, 0.1) is 5.92 Å². The molecular weight excluding hydrogens is 304 g/mol. The third-order valence-electron chi connectivity index (χ3n) is 3.20. The van der Waals surface area contributed by atoms with Crippen molar-refractivity contribution in [2.24, 2.45) is 5.92 Å². The minimum Gasteiger partial charge on any atom is -0.493 e. The molecule has 0 spiro atoms. The molecule has 0 bridgehead atoms. The van der Waals surface area contributed by atoms with Crippen molar-refractivity contribution < 1.29 is 14.3 Å². The summed E-state index contributed by atoms with van der Waals surface area (Å²) in [6.07, 6.45) is 0. The van der Waals surface area contributed by atoms with Gasteiger partial charge in [-0.25, -0.2) is 0 Å². The molecule has 2 amide bonds. The molecular formula is C19H22N2O3. The van der Waals surface area contributed by atoms with Gasteiger partial charge in [0.25, 0.3) is 0 Å². The summed E-state index contributed by atoms with van der Waals surface area (Å²) < 4.78 is 5.57. The molecule has 0 atom stereocenters. The van der Waals surface area contributed by atoms with Crippen molar-refractivity contribution in [3.05, 3.63) is 60.2 Å². The maximum Gasteiger partial charge on any atom is 0.313 e. The zero-order chi connectivity index (χ0) is 17.4. The Kier molecular flexibility index (Phi) is 6.37. The second kappa shape index (κ2) is 8.72. The number of carbonyl (C=O) groups is 2. The van der Waals surface area contributed by atoms with Gasteiger partial charge in [-0.1, -0.05) is 44.2 Å². The summed E-state index contributed by atoms with van der Waals surface area (Å²) in [7, 11) is 0. The largest absolute Gasteiger partial charge is 0.493 e. The number of amides is 2. The van der Waals surface area contributed by atoms with E-state index in [9.17, 15) is 9.59 Å². The van der Waals surface area contributed by atoms with Crippen molar-refractivity contribution in [3.8, 4) is 5.75 Å². The van der Waals surface area contributed by atoms with Crippen molar-refractivity contribution in [2.75, 3.05) is 11.9 Å². The van der Waals surface area contributed by atoms with Gasteiger partial charge in [0.05, 0.1) is 6.61 Å². The Bertz CT molecular complexity index is 667. The average molecular weight is 326 g/mol. The van der Waals surface area contributed by atoms with Crippen LogP contribution in [0.4, 0.5) is 5.69 Å². The molecule has 2 rings (SSSR count). The molecule has 0 saturated heterocycles. The van der Waals surface area contributed by atoms with E-state index < -0.39 is 11.8 Å². The molecule has 0 fully saturated rings. The average Bonchev–Trinajstić information content (AvgIpc) is 2.59. The number of hydrogen-bond donors (Lipinski definition) is 2. The van der Waals surface area contributed by atoms with Gasteiger partial charge in [0, 0.05) is 12.2 Å². The number of hydrogen-bond acceptors (Lipinski definition) is 3. The Morgan fingerprint density at radius 3 is 2.25 bits per heavy atom. The molecule has 2 aromatic carbocycles. The summed E-state index contributed by atoms with van der Waals surface area (Å²) in [5.41, 5.74) is 1.48. The van der Waals surface area contributed by atoms with E-state index in [2.05, 4.69) is 24.5 Å². The molecule has 0 aromatic heterocycles. The van der Waals surface area contributed by atoms with E-state index in [1.165, 1.54) is 0 Å². The molecule has 0 aliphatic carbocycles. The Balaban J connectivity index is 1.81. The molecule has 2 aromatic rings. The highest BCUT2D eigenvalue weighted by Crippen LogP contribution is 2.16. The van der Waals surface area contributed by atoms with Gasteiger partial charge in [-0.2, -0.15) is 0 Å². The van der Waals surface area contributed by atoms with Crippen molar-refractivity contribution in [1.29, 1.82) is 0 Å². The van der Waals surface area contributed by atoms with Crippen molar-refractivity contribution in [1.82, 2.24) is 5.32 Å². The number of benzene rings is 2. The Morgan fingerprint density at radius 1 is 0.958 bits per heavy atom. The highest BCUT2D eigenvalue weighted by Gasteiger charge is 2.13. The fraction of sp³-hybridized carbons (Fsp3) is 0.263. The number of anilines is 1. The first-order valence-corrected chi connectivity index (χ1v) is 7.90. The molecule has 0 heterocycles. The molecule has 126 valence electrons. The topological polar surface area (TPSA) is 67.4 Å². The Hall–Kier alpha value is -2.82. The first-order chi connectivity index (χ1) is 11.5. The Labute approximate surface area is 142 Å². The van der Waals surface area contributed by atoms with Crippen LogP contribution in [0.25, 0.3) is 0 Å². The van der Waals surface area contributed by atoms with Crippen molar-refractivity contribution in [3.63, 3.8) is 0 Å². The SMILES string of the molecule is CC(C)COc1ccc(NC(=O)C(=O)NCc2ccccc2)cc1. The number of ether oxygens (including phenoxy) is 1. The number of nitrogens with one attached hydrogen (secondary N) is 2. The quantitative estimate of drug-likeness (QED) is 0.802. The predicted octanol–water partition coefficient (Wildman–Crippen LogP) is 2.98. The molecule has 0 aliphatic rings. The first kappa shape index (κ1) is 17.5. The van der Waals surface area contributed by atoms with E-state index in [0.717, 1.165) is 11.3 Å². The maximum atomic E-state index is 11.9. The molecule has 5 heteroatoms. The van der Waals surface area contributed by atoms with E-state index in [1.54, 1.807) is 24.3 Å². The van der Waals surface area contributed by atoms with Crippen LogP contribution >= 0.6 is 0 Å². The van der Waals surface area contributed by atoms with Gasteiger partial charge in [0.1, 0.15) is 5.75 Å². The summed E-state index contributed by atoms with van der Waals surface area (Å²) in [4.78, 5) is 23.7. The van der Waals surface area contributed by atoms with Gasteiger partial charge in [-0.15, -0.1) is 0 Å². The molecule has 2 N–H and O–H groups in total. The number of rotatable bonds is 6.